The Hall–Kier alpha value is -4.00. The van der Waals surface area contributed by atoms with E-state index in [2.05, 4.69) is 16.0 Å². The molecule has 0 unspecified atom stereocenters. The Kier molecular flexibility index (Phi) is 10.6. The Balaban J connectivity index is 1.57. The first kappa shape index (κ1) is 32.9. The van der Waals surface area contributed by atoms with Gasteiger partial charge in [0.15, 0.2) is 5.75 Å². The van der Waals surface area contributed by atoms with Crippen molar-refractivity contribution in [1.82, 2.24) is 15.1 Å². The Morgan fingerprint density at radius 2 is 1.77 bits per heavy atom. The lowest BCUT2D eigenvalue weighted by atomic mass is 9.96. The van der Waals surface area contributed by atoms with Crippen molar-refractivity contribution in [2.75, 3.05) is 37.4 Å². The van der Waals surface area contributed by atoms with Gasteiger partial charge < -0.3 is 35.6 Å². The van der Waals surface area contributed by atoms with Crippen LogP contribution in [0.15, 0.2) is 42.5 Å². The molecular weight excluding hydrogens is 579 g/mol. The van der Waals surface area contributed by atoms with Crippen molar-refractivity contribution in [2.24, 2.45) is 5.92 Å². The maximum absolute atomic E-state index is 13.7. The molecule has 1 fully saturated rings. The summed E-state index contributed by atoms with van der Waals surface area (Å²) in [6, 6.07) is 7.28. The number of alkyl halides is 3. The molecule has 4 rings (SSSR count). The van der Waals surface area contributed by atoms with Gasteiger partial charge in [0.05, 0.1) is 36.0 Å². The van der Waals surface area contributed by atoms with E-state index in [1.165, 1.54) is 0 Å². The summed E-state index contributed by atoms with van der Waals surface area (Å²) in [5.41, 5.74) is -0.403. The van der Waals surface area contributed by atoms with Gasteiger partial charge >= 0.3 is 18.2 Å². The standard InChI is InChI=1S/C31H40F3N5O5/c1-19-16-39(20(2)18-40)28(41)24-10-7-11-25(37-29(42)35-23-14-12-21(13-15-23)31(32,33)34)27(24)44-26(19)17-38(3)30(43)36-22-8-5-4-6-9-22/h7,10-15,19-20,22,26,40H,4-6,8-9,16-18H2,1-3H3,(H,36,43)(H2,35,37,42)/t19-,20-,26-/m1/s1. The van der Waals surface area contributed by atoms with Crippen molar-refractivity contribution in [3.05, 3.63) is 53.6 Å². The van der Waals surface area contributed by atoms with Gasteiger partial charge in [0.25, 0.3) is 5.91 Å². The quantitative estimate of drug-likeness (QED) is 0.324. The van der Waals surface area contributed by atoms with Crippen LogP contribution in [0, 0.1) is 5.92 Å². The van der Waals surface area contributed by atoms with Crippen LogP contribution < -0.4 is 20.7 Å². The van der Waals surface area contributed by atoms with Crippen LogP contribution in [0.1, 0.15) is 61.9 Å². The van der Waals surface area contributed by atoms with Gasteiger partial charge in [-0.05, 0) is 56.2 Å². The molecule has 240 valence electrons. The molecule has 5 amide bonds. The van der Waals surface area contributed by atoms with E-state index in [-0.39, 0.29) is 60.4 Å². The zero-order valence-corrected chi connectivity index (χ0v) is 25.1. The van der Waals surface area contributed by atoms with E-state index in [0.29, 0.717) is 0 Å². The summed E-state index contributed by atoms with van der Waals surface area (Å²) in [5, 5.41) is 18.1. The third-order valence-electron chi connectivity index (χ3n) is 8.14. The van der Waals surface area contributed by atoms with E-state index in [1.807, 2.05) is 6.92 Å². The predicted octanol–water partition coefficient (Wildman–Crippen LogP) is 5.54. The Morgan fingerprint density at radius 3 is 2.41 bits per heavy atom. The van der Waals surface area contributed by atoms with Crippen LogP contribution in [0.25, 0.3) is 0 Å². The lowest BCUT2D eigenvalue weighted by molar-refractivity contribution is -0.137. The number of hydrogen-bond acceptors (Lipinski definition) is 5. The van der Waals surface area contributed by atoms with Crippen LogP contribution in [-0.4, -0.2) is 77.8 Å². The van der Waals surface area contributed by atoms with Crippen LogP contribution in [0.2, 0.25) is 0 Å². The predicted molar refractivity (Wildman–Crippen MR) is 160 cm³/mol. The number of aliphatic hydroxyl groups excluding tert-OH is 1. The Bertz CT molecular complexity index is 1320. The van der Waals surface area contributed by atoms with Gasteiger partial charge in [-0.15, -0.1) is 0 Å². The van der Waals surface area contributed by atoms with Crippen LogP contribution in [0.5, 0.6) is 5.75 Å². The van der Waals surface area contributed by atoms with E-state index >= 15 is 0 Å². The zero-order chi connectivity index (χ0) is 32.0. The number of nitrogens with zero attached hydrogens (tertiary/aromatic N) is 2. The van der Waals surface area contributed by atoms with Crippen LogP contribution in [-0.2, 0) is 6.18 Å². The van der Waals surface area contributed by atoms with Crippen molar-refractivity contribution in [2.45, 2.75) is 70.3 Å². The van der Waals surface area contributed by atoms with E-state index in [0.717, 1.165) is 56.4 Å². The number of anilines is 2. The first-order valence-electron chi connectivity index (χ1n) is 14.9. The average Bonchev–Trinajstić information content (AvgIpc) is 2.99. The van der Waals surface area contributed by atoms with Crippen molar-refractivity contribution < 1.29 is 37.4 Å². The highest BCUT2D eigenvalue weighted by Crippen LogP contribution is 2.35. The minimum Gasteiger partial charge on any atom is -0.485 e. The number of urea groups is 2. The number of fused-ring (bicyclic) bond motifs is 1. The largest absolute Gasteiger partial charge is 0.485 e. The highest BCUT2D eigenvalue weighted by Gasteiger charge is 2.35. The van der Waals surface area contributed by atoms with Gasteiger partial charge in [-0.25, -0.2) is 9.59 Å². The Labute approximate surface area is 254 Å². The third-order valence-corrected chi connectivity index (χ3v) is 8.14. The first-order chi connectivity index (χ1) is 20.9. The fourth-order valence-electron chi connectivity index (χ4n) is 5.47. The smallest absolute Gasteiger partial charge is 0.416 e. The lowest BCUT2D eigenvalue weighted by Crippen LogP contribution is -2.52. The number of likely N-dealkylation sites (N-methyl/N-ethyl adjacent to an activating group) is 1. The van der Waals surface area contributed by atoms with Crippen LogP contribution in [0.4, 0.5) is 34.1 Å². The number of benzene rings is 2. The number of carbonyl (C=O) groups excluding carboxylic acids is 3. The monoisotopic (exact) mass is 619 g/mol. The molecule has 10 nitrogen and oxygen atoms in total. The van der Waals surface area contributed by atoms with Gasteiger partial charge in [0.2, 0.25) is 0 Å². The lowest BCUT2D eigenvalue weighted by Gasteiger charge is -2.38. The number of nitrogens with one attached hydrogen (secondary N) is 3. The van der Waals surface area contributed by atoms with E-state index in [4.69, 9.17) is 4.74 Å². The molecule has 44 heavy (non-hydrogen) atoms. The second kappa shape index (κ2) is 14.2. The van der Waals surface area contributed by atoms with Crippen molar-refractivity contribution in [3.63, 3.8) is 0 Å². The molecule has 1 saturated carbocycles. The molecule has 2 aromatic carbocycles. The van der Waals surface area contributed by atoms with Gasteiger partial charge in [-0.2, -0.15) is 13.2 Å². The maximum Gasteiger partial charge on any atom is 0.416 e. The normalized spacial score (nSPS) is 20.0. The molecule has 1 aliphatic heterocycles. The number of carbonyl (C=O) groups is 3. The second-order valence-electron chi connectivity index (χ2n) is 11.6. The summed E-state index contributed by atoms with van der Waals surface area (Å²) in [6.07, 6.45) is 0.0664. The average molecular weight is 620 g/mol. The minimum absolute atomic E-state index is 0.0906. The van der Waals surface area contributed by atoms with Gasteiger partial charge in [0, 0.05) is 31.2 Å². The van der Waals surface area contributed by atoms with Gasteiger partial charge in [-0.1, -0.05) is 32.3 Å². The summed E-state index contributed by atoms with van der Waals surface area (Å²) in [7, 11) is 1.68. The fourth-order valence-corrected chi connectivity index (χ4v) is 5.47. The minimum atomic E-state index is -4.51. The van der Waals surface area contributed by atoms with Gasteiger partial charge in [-0.3, -0.25) is 4.79 Å². The molecule has 4 N–H and O–H groups in total. The highest BCUT2D eigenvalue weighted by atomic mass is 19.4. The number of hydrogen-bond donors (Lipinski definition) is 4. The number of para-hydroxylation sites is 1. The summed E-state index contributed by atoms with van der Waals surface area (Å²) in [6.45, 7) is 3.79. The van der Waals surface area contributed by atoms with Crippen LogP contribution >= 0.6 is 0 Å². The van der Waals surface area contributed by atoms with E-state index in [1.54, 1.807) is 42.0 Å². The molecule has 0 spiro atoms. The first-order valence-corrected chi connectivity index (χ1v) is 14.9. The summed E-state index contributed by atoms with van der Waals surface area (Å²) in [4.78, 5) is 42.7. The third kappa shape index (κ3) is 8.13. The molecule has 3 atom stereocenters. The van der Waals surface area contributed by atoms with Crippen molar-refractivity contribution >= 4 is 29.3 Å². The molecule has 1 aliphatic carbocycles. The number of amides is 5. The summed E-state index contributed by atoms with van der Waals surface area (Å²) >= 11 is 0. The number of aliphatic hydroxyl groups is 1. The van der Waals surface area contributed by atoms with Gasteiger partial charge in [0.1, 0.15) is 6.10 Å². The number of halogens is 3. The molecule has 1 heterocycles. The topological polar surface area (TPSA) is 123 Å². The van der Waals surface area contributed by atoms with Crippen LogP contribution in [0.3, 0.4) is 0 Å². The van der Waals surface area contributed by atoms with Crippen molar-refractivity contribution in [1.29, 1.82) is 0 Å². The molecule has 2 aliphatic rings. The summed E-state index contributed by atoms with van der Waals surface area (Å²) < 4.78 is 45.2. The second-order valence-corrected chi connectivity index (χ2v) is 11.6. The summed E-state index contributed by atoms with van der Waals surface area (Å²) in [5.74, 6) is -0.588. The molecule has 0 aromatic heterocycles. The molecule has 0 radical (unpaired) electrons. The highest BCUT2D eigenvalue weighted by molar-refractivity contribution is 6.04. The number of rotatable bonds is 7. The van der Waals surface area contributed by atoms with Crippen molar-refractivity contribution in [3.8, 4) is 5.75 Å². The molecule has 0 bridgehead atoms. The van der Waals surface area contributed by atoms with E-state index < -0.39 is 35.8 Å². The molecule has 13 heteroatoms. The molecular formula is C31H40F3N5O5. The van der Waals surface area contributed by atoms with E-state index in [9.17, 15) is 32.7 Å². The number of ether oxygens (including phenoxy) is 1. The SMILES string of the molecule is C[C@@H]1CN([C@H](C)CO)C(=O)c2cccc(NC(=O)Nc3ccc(C(F)(F)F)cc3)c2O[C@@H]1CN(C)C(=O)NC1CCCCC1. The fraction of sp³-hybridized carbons (Fsp3) is 0.516. The Morgan fingerprint density at radius 1 is 1.09 bits per heavy atom. The molecule has 2 aromatic rings. The zero-order valence-electron chi connectivity index (χ0n) is 25.1. The molecule has 0 saturated heterocycles. The maximum atomic E-state index is 13.7.